The van der Waals surface area contributed by atoms with Crippen molar-refractivity contribution in [3.05, 3.63) is 83.2 Å². The van der Waals surface area contributed by atoms with Crippen LogP contribution in [0.3, 0.4) is 0 Å². The second-order valence-corrected chi connectivity index (χ2v) is 5.95. The summed E-state index contributed by atoms with van der Waals surface area (Å²) in [4.78, 5) is 12.0. The summed E-state index contributed by atoms with van der Waals surface area (Å²) in [5.41, 5.74) is 4.92. The first-order valence-electron chi connectivity index (χ1n) is 8.10. The fourth-order valence-electron chi connectivity index (χ4n) is 2.40. The summed E-state index contributed by atoms with van der Waals surface area (Å²) < 4.78 is 1.75. The van der Waals surface area contributed by atoms with Crippen molar-refractivity contribution in [2.75, 3.05) is 5.32 Å². The van der Waals surface area contributed by atoms with E-state index in [2.05, 4.69) is 15.6 Å². The van der Waals surface area contributed by atoms with Crippen molar-refractivity contribution in [2.45, 2.75) is 20.4 Å². The van der Waals surface area contributed by atoms with Gasteiger partial charge in [-0.25, -0.2) is 4.68 Å². The molecule has 5 heteroatoms. The number of aryl methyl sites for hydroxylation is 2. The molecule has 0 bridgehead atoms. The van der Waals surface area contributed by atoms with Crippen LogP contribution in [0.1, 0.15) is 22.4 Å². The zero-order valence-electron chi connectivity index (χ0n) is 14.3. The van der Waals surface area contributed by atoms with Crippen molar-refractivity contribution in [3.8, 4) is 0 Å². The SMILES string of the molecule is Cc1ccc(NC(=O)/C=C/c2cn(Cc3ccccc3)nn2)cc1C. The van der Waals surface area contributed by atoms with E-state index in [1.54, 1.807) is 10.8 Å². The molecule has 126 valence electrons. The third-order valence-electron chi connectivity index (χ3n) is 3.92. The van der Waals surface area contributed by atoms with Crippen molar-refractivity contribution < 1.29 is 4.79 Å². The van der Waals surface area contributed by atoms with E-state index in [0.29, 0.717) is 12.2 Å². The Hall–Kier alpha value is -3.21. The summed E-state index contributed by atoms with van der Waals surface area (Å²) >= 11 is 0. The standard InChI is InChI=1S/C20H20N4O/c1-15-8-9-18(12-16(15)2)21-20(25)11-10-19-14-24(23-22-19)13-17-6-4-3-5-7-17/h3-12,14H,13H2,1-2H3,(H,21,25)/b11-10+. The molecule has 0 saturated heterocycles. The topological polar surface area (TPSA) is 59.8 Å². The number of nitrogens with zero attached hydrogens (tertiary/aromatic N) is 3. The van der Waals surface area contributed by atoms with Gasteiger partial charge < -0.3 is 5.32 Å². The monoisotopic (exact) mass is 332 g/mol. The molecule has 25 heavy (non-hydrogen) atoms. The molecule has 1 heterocycles. The van der Waals surface area contributed by atoms with Crippen LogP contribution in [0.25, 0.3) is 6.08 Å². The number of hydrogen-bond donors (Lipinski definition) is 1. The number of amides is 1. The molecule has 2 aromatic carbocycles. The van der Waals surface area contributed by atoms with Gasteiger partial charge in [-0.2, -0.15) is 0 Å². The second kappa shape index (κ2) is 7.57. The number of anilines is 1. The molecule has 1 N–H and O–H groups in total. The molecule has 0 fully saturated rings. The molecule has 0 aliphatic carbocycles. The molecule has 0 aliphatic heterocycles. The van der Waals surface area contributed by atoms with E-state index in [1.807, 2.05) is 68.6 Å². The molecular formula is C20H20N4O. The first-order valence-corrected chi connectivity index (χ1v) is 8.10. The largest absolute Gasteiger partial charge is 0.323 e. The molecule has 5 nitrogen and oxygen atoms in total. The van der Waals surface area contributed by atoms with Crippen molar-refractivity contribution in [1.29, 1.82) is 0 Å². The van der Waals surface area contributed by atoms with Crippen LogP contribution < -0.4 is 5.32 Å². The van der Waals surface area contributed by atoms with E-state index < -0.39 is 0 Å². The maximum atomic E-state index is 12.0. The Kier molecular flexibility index (Phi) is 5.04. The molecule has 0 spiro atoms. The lowest BCUT2D eigenvalue weighted by molar-refractivity contribution is -0.111. The van der Waals surface area contributed by atoms with Crippen molar-refractivity contribution in [3.63, 3.8) is 0 Å². The van der Waals surface area contributed by atoms with Crippen LogP contribution in [0.5, 0.6) is 0 Å². The predicted octanol–water partition coefficient (Wildman–Crippen LogP) is 3.60. The van der Waals surface area contributed by atoms with Crippen LogP contribution in [-0.4, -0.2) is 20.9 Å². The predicted molar refractivity (Wildman–Crippen MR) is 99.1 cm³/mol. The fourth-order valence-corrected chi connectivity index (χ4v) is 2.40. The number of aromatic nitrogens is 3. The fraction of sp³-hybridized carbons (Fsp3) is 0.150. The zero-order chi connectivity index (χ0) is 17.6. The van der Waals surface area contributed by atoms with Gasteiger partial charge >= 0.3 is 0 Å². The molecule has 0 aliphatic rings. The van der Waals surface area contributed by atoms with Crippen LogP contribution in [0.4, 0.5) is 5.69 Å². The first-order chi connectivity index (χ1) is 12.1. The van der Waals surface area contributed by atoms with E-state index in [-0.39, 0.29) is 5.91 Å². The lowest BCUT2D eigenvalue weighted by Gasteiger charge is -2.05. The summed E-state index contributed by atoms with van der Waals surface area (Å²) in [6, 6.07) is 15.9. The van der Waals surface area contributed by atoms with Crippen molar-refractivity contribution >= 4 is 17.7 Å². The first kappa shape index (κ1) is 16.6. The smallest absolute Gasteiger partial charge is 0.248 e. The molecule has 0 saturated carbocycles. The van der Waals surface area contributed by atoms with Gasteiger partial charge in [0.15, 0.2) is 0 Å². The minimum atomic E-state index is -0.194. The normalized spacial score (nSPS) is 11.0. The van der Waals surface area contributed by atoms with Gasteiger partial charge in [-0.15, -0.1) is 5.10 Å². The van der Waals surface area contributed by atoms with Gasteiger partial charge in [-0.1, -0.05) is 41.6 Å². The molecule has 0 atom stereocenters. The van der Waals surface area contributed by atoms with Crippen molar-refractivity contribution in [2.24, 2.45) is 0 Å². The van der Waals surface area contributed by atoms with Crippen LogP contribution in [0, 0.1) is 13.8 Å². The van der Waals surface area contributed by atoms with Crippen LogP contribution in [0.2, 0.25) is 0 Å². The van der Waals surface area contributed by atoms with Crippen LogP contribution in [0.15, 0.2) is 60.8 Å². The summed E-state index contributed by atoms with van der Waals surface area (Å²) in [7, 11) is 0. The molecular weight excluding hydrogens is 312 g/mol. The number of nitrogens with one attached hydrogen (secondary N) is 1. The Morgan fingerprint density at radius 1 is 1.12 bits per heavy atom. The van der Waals surface area contributed by atoms with Gasteiger partial charge in [0, 0.05) is 11.8 Å². The van der Waals surface area contributed by atoms with E-state index >= 15 is 0 Å². The van der Waals surface area contributed by atoms with Gasteiger partial charge in [0.1, 0.15) is 5.69 Å². The van der Waals surface area contributed by atoms with Gasteiger partial charge in [0.05, 0.1) is 12.7 Å². The van der Waals surface area contributed by atoms with Gasteiger partial charge in [-0.05, 0) is 48.7 Å². The van der Waals surface area contributed by atoms with Crippen molar-refractivity contribution in [1.82, 2.24) is 15.0 Å². The Balaban J connectivity index is 1.60. The summed E-state index contributed by atoms with van der Waals surface area (Å²) in [6.45, 7) is 4.71. The Labute approximate surface area is 147 Å². The van der Waals surface area contributed by atoms with Gasteiger partial charge in [0.25, 0.3) is 0 Å². The average Bonchev–Trinajstić information content (AvgIpc) is 3.05. The summed E-state index contributed by atoms with van der Waals surface area (Å²) in [6.07, 6.45) is 4.93. The Morgan fingerprint density at radius 3 is 2.68 bits per heavy atom. The van der Waals surface area contributed by atoms with E-state index in [0.717, 1.165) is 16.8 Å². The number of hydrogen-bond acceptors (Lipinski definition) is 3. The molecule has 0 radical (unpaired) electrons. The number of rotatable bonds is 5. The minimum Gasteiger partial charge on any atom is -0.323 e. The van der Waals surface area contributed by atoms with E-state index in [4.69, 9.17) is 0 Å². The third-order valence-corrected chi connectivity index (χ3v) is 3.92. The highest BCUT2D eigenvalue weighted by molar-refractivity contribution is 6.01. The average molecular weight is 332 g/mol. The number of carbonyl (C=O) groups is 1. The van der Waals surface area contributed by atoms with E-state index in [1.165, 1.54) is 11.6 Å². The number of carbonyl (C=O) groups excluding carboxylic acids is 1. The highest BCUT2D eigenvalue weighted by Crippen LogP contribution is 2.14. The molecule has 3 rings (SSSR count). The lowest BCUT2D eigenvalue weighted by atomic mass is 10.1. The summed E-state index contributed by atoms with van der Waals surface area (Å²) in [5, 5.41) is 11.0. The minimum absolute atomic E-state index is 0.194. The quantitative estimate of drug-likeness (QED) is 0.726. The molecule has 1 amide bonds. The second-order valence-electron chi connectivity index (χ2n) is 5.95. The maximum Gasteiger partial charge on any atom is 0.248 e. The van der Waals surface area contributed by atoms with Gasteiger partial charge in [-0.3, -0.25) is 4.79 Å². The van der Waals surface area contributed by atoms with Crippen LogP contribution in [-0.2, 0) is 11.3 Å². The molecule has 3 aromatic rings. The summed E-state index contributed by atoms with van der Waals surface area (Å²) in [5.74, 6) is -0.194. The zero-order valence-corrected chi connectivity index (χ0v) is 14.3. The highest BCUT2D eigenvalue weighted by atomic mass is 16.1. The lowest BCUT2D eigenvalue weighted by Crippen LogP contribution is -2.07. The number of benzene rings is 2. The Bertz CT molecular complexity index is 897. The molecule has 0 unspecified atom stereocenters. The Morgan fingerprint density at radius 2 is 1.92 bits per heavy atom. The molecule has 1 aromatic heterocycles. The maximum absolute atomic E-state index is 12.0. The van der Waals surface area contributed by atoms with E-state index in [9.17, 15) is 4.79 Å². The third kappa shape index (κ3) is 4.64. The van der Waals surface area contributed by atoms with Crippen LogP contribution >= 0.6 is 0 Å². The highest BCUT2D eigenvalue weighted by Gasteiger charge is 2.02. The van der Waals surface area contributed by atoms with Gasteiger partial charge in [0.2, 0.25) is 5.91 Å².